The molecule has 0 fully saturated rings. The fourth-order valence-electron chi connectivity index (χ4n) is 1.35. The van der Waals surface area contributed by atoms with E-state index in [1.807, 2.05) is 0 Å². The van der Waals surface area contributed by atoms with Gasteiger partial charge in [-0.05, 0) is 34.7 Å². The van der Waals surface area contributed by atoms with Crippen LogP contribution >= 0.6 is 22.6 Å². The van der Waals surface area contributed by atoms with E-state index in [2.05, 4.69) is 0 Å². The Labute approximate surface area is 121 Å². The van der Waals surface area contributed by atoms with Crippen molar-refractivity contribution in [2.24, 2.45) is 0 Å². The van der Waals surface area contributed by atoms with Gasteiger partial charge >= 0.3 is 18.3 Å². The first kappa shape index (κ1) is 17.0. The smallest absolute Gasteiger partial charge is 0.417 e. The van der Waals surface area contributed by atoms with Crippen LogP contribution in [0, 0.1) is 3.57 Å². The summed E-state index contributed by atoms with van der Waals surface area (Å²) in [6.45, 7) is 0. The monoisotopic (exact) mass is 414 g/mol. The summed E-state index contributed by atoms with van der Waals surface area (Å²) in [5.74, 6) is -1.95. The lowest BCUT2D eigenvalue weighted by atomic mass is 10.0. The van der Waals surface area contributed by atoms with Crippen molar-refractivity contribution in [2.45, 2.75) is 18.5 Å². The number of benzene rings is 1. The van der Waals surface area contributed by atoms with Gasteiger partial charge in [-0.3, -0.25) is 0 Å². The molecule has 0 radical (unpaired) electrons. The zero-order chi connectivity index (χ0) is 15.9. The van der Waals surface area contributed by atoms with Crippen molar-refractivity contribution >= 4 is 28.6 Å². The van der Waals surface area contributed by atoms with Crippen molar-refractivity contribution in [2.75, 3.05) is 0 Å². The van der Waals surface area contributed by atoms with Gasteiger partial charge in [0.15, 0.2) is 6.10 Å². The molecule has 0 saturated carbocycles. The third kappa shape index (κ3) is 3.53. The normalized spacial score (nSPS) is 14.2. The van der Waals surface area contributed by atoms with Gasteiger partial charge in [0.1, 0.15) is 0 Å². The van der Waals surface area contributed by atoms with E-state index < -0.39 is 44.7 Å². The highest BCUT2D eigenvalue weighted by molar-refractivity contribution is 14.1. The van der Waals surface area contributed by atoms with E-state index in [0.717, 1.165) is 22.6 Å². The molecule has 112 valence electrons. The van der Waals surface area contributed by atoms with Crippen LogP contribution in [0.4, 0.5) is 26.3 Å². The average molecular weight is 414 g/mol. The minimum atomic E-state index is -5.11. The number of hydrogen-bond acceptors (Lipinski definition) is 2. The number of carbonyl (C=O) groups is 1. The van der Waals surface area contributed by atoms with Crippen LogP contribution < -0.4 is 0 Å². The van der Waals surface area contributed by atoms with Crippen molar-refractivity contribution < 1.29 is 41.4 Å². The van der Waals surface area contributed by atoms with E-state index in [1.54, 1.807) is 0 Å². The number of aliphatic hydroxyl groups excluding tert-OH is 1. The van der Waals surface area contributed by atoms with E-state index in [1.165, 1.54) is 0 Å². The third-order valence-corrected chi connectivity index (χ3v) is 3.47. The molecule has 0 saturated heterocycles. The second-order valence-corrected chi connectivity index (χ2v) is 4.74. The van der Waals surface area contributed by atoms with E-state index >= 15 is 0 Å². The molecule has 3 nitrogen and oxygen atoms in total. The maximum absolute atomic E-state index is 12.7. The Morgan fingerprint density at radius 2 is 1.60 bits per heavy atom. The van der Waals surface area contributed by atoms with Gasteiger partial charge in [0.05, 0.1) is 11.1 Å². The Bertz CT molecular complexity index is 537. The van der Waals surface area contributed by atoms with Crippen molar-refractivity contribution in [1.82, 2.24) is 0 Å². The van der Waals surface area contributed by atoms with Gasteiger partial charge in [0, 0.05) is 9.13 Å². The molecule has 0 bridgehead atoms. The van der Waals surface area contributed by atoms with Gasteiger partial charge in [0.25, 0.3) is 0 Å². The molecule has 2 N–H and O–H groups in total. The molecule has 0 aliphatic rings. The van der Waals surface area contributed by atoms with E-state index in [-0.39, 0.29) is 12.1 Å². The van der Waals surface area contributed by atoms with Crippen LogP contribution in [0.2, 0.25) is 0 Å². The van der Waals surface area contributed by atoms with Crippen LogP contribution in [0.25, 0.3) is 0 Å². The summed E-state index contributed by atoms with van der Waals surface area (Å²) >= 11 is 1.05. The maximum Gasteiger partial charge on any atom is 0.417 e. The van der Waals surface area contributed by atoms with Crippen molar-refractivity contribution in [3.63, 3.8) is 0 Å². The Morgan fingerprint density at radius 1 is 1.10 bits per heavy atom. The number of carboxylic acids is 1. The van der Waals surface area contributed by atoms with Gasteiger partial charge in [-0.1, -0.05) is 0 Å². The number of halogens is 7. The zero-order valence-electron chi connectivity index (χ0n) is 9.18. The molecule has 1 aromatic carbocycles. The molecule has 0 heterocycles. The van der Waals surface area contributed by atoms with Gasteiger partial charge in [-0.15, -0.1) is 0 Å². The van der Waals surface area contributed by atoms with Gasteiger partial charge in [-0.2, -0.15) is 26.3 Å². The molecule has 1 atom stereocenters. The predicted octanol–water partition coefficient (Wildman–Crippen LogP) is 3.45. The standard InChI is InChI=1S/C10H5F6IO3/c11-9(12,13)3-1-4(7(18)8(19)20)6(17)5(2-3)10(14,15)16/h1-2,7,18H,(H,19,20). The first-order chi connectivity index (χ1) is 8.85. The van der Waals surface area contributed by atoms with E-state index in [0.29, 0.717) is 0 Å². The van der Waals surface area contributed by atoms with E-state index in [4.69, 9.17) is 5.11 Å². The summed E-state index contributed by atoms with van der Waals surface area (Å²) in [4.78, 5) is 10.6. The number of carboxylic acid groups (broad SMARTS) is 1. The first-order valence-electron chi connectivity index (χ1n) is 4.74. The molecule has 1 rings (SSSR count). The van der Waals surface area contributed by atoms with Gasteiger partial charge in [0.2, 0.25) is 0 Å². The number of hydrogen-bond donors (Lipinski definition) is 2. The summed E-state index contributed by atoms with van der Waals surface area (Å²) in [5.41, 5.74) is -4.29. The number of aliphatic hydroxyl groups is 1. The minimum Gasteiger partial charge on any atom is -0.479 e. The number of alkyl halides is 6. The molecule has 0 spiro atoms. The quantitative estimate of drug-likeness (QED) is 0.576. The summed E-state index contributed by atoms with van der Waals surface area (Å²) in [6, 6.07) is 0.0651. The molecule has 0 amide bonds. The van der Waals surface area contributed by atoms with Crippen molar-refractivity contribution in [1.29, 1.82) is 0 Å². The highest BCUT2D eigenvalue weighted by atomic mass is 127. The van der Waals surface area contributed by atoms with Crippen LogP contribution in [-0.4, -0.2) is 16.2 Å². The van der Waals surface area contributed by atoms with Crippen molar-refractivity contribution in [3.8, 4) is 0 Å². The summed E-state index contributed by atoms with van der Waals surface area (Å²) in [6.07, 6.45) is -12.7. The zero-order valence-corrected chi connectivity index (χ0v) is 11.3. The Balaban J connectivity index is 3.64. The Hall–Kier alpha value is -1.04. The second-order valence-electron chi connectivity index (χ2n) is 3.66. The molecule has 0 aromatic heterocycles. The van der Waals surface area contributed by atoms with Crippen molar-refractivity contribution in [3.05, 3.63) is 32.4 Å². The van der Waals surface area contributed by atoms with Gasteiger partial charge < -0.3 is 10.2 Å². The predicted molar refractivity (Wildman–Crippen MR) is 61.8 cm³/mol. The van der Waals surface area contributed by atoms with Crippen LogP contribution in [0.3, 0.4) is 0 Å². The fraction of sp³-hybridized carbons (Fsp3) is 0.300. The topological polar surface area (TPSA) is 57.5 Å². The molecule has 10 heteroatoms. The highest BCUT2D eigenvalue weighted by Gasteiger charge is 2.40. The second kappa shape index (κ2) is 5.39. The summed E-state index contributed by atoms with van der Waals surface area (Å²) in [7, 11) is 0. The summed E-state index contributed by atoms with van der Waals surface area (Å²) < 4.78 is 74.8. The average Bonchev–Trinajstić information content (AvgIpc) is 2.24. The molecular formula is C10H5F6IO3. The lowest BCUT2D eigenvalue weighted by molar-refractivity contribution is -0.149. The van der Waals surface area contributed by atoms with Crippen LogP contribution in [0.1, 0.15) is 22.8 Å². The lowest BCUT2D eigenvalue weighted by Crippen LogP contribution is -2.19. The number of rotatable bonds is 2. The third-order valence-electron chi connectivity index (χ3n) is 2.26. The maximum atomic E-state index is 12.7. The van der Waals surface area contributed by atoms with E-state index in [9.17, 15) is 36.2 Å². The molecule has 20 heavy (non-hydrogen) atoms. The summed E-state index contributed by atoms with van der Waals surface area (Å²) in [5, 5.41) is 17.8. The molecular weight excluding hydrogens is 409 g/mol. The van der Waals surface area contributed by atoms with Crippen LogP contribution in [0.15, 0.2) is 12.1 Å². The minimum absolute atomic E-state index is 0.125. The molecule has 0 aliphatic heterocycles. The Kier molecular flexibility index (Phi) is 4.58. The highest BCUT2D eigenvalue weighted by Crippen LogP contribution is 2.40. The molecule has 1 aromatic rings. The SMILES string of the molecule is O=C(O)C(O)c1cc(C(F)(F)F)cc(C(F)(F)F)c1I. The molecule has 0 aliphatic carbocycles. The first-order valence-corrected chi connectivity index (χ1v) is 5.82. The largest absolute Gasteiger partial charge is 0.479 e. The fourth-order valence-corrected chi connectivity index (χ4v) is 2.26. The Morgan fingerprint density at radius 3 is 1.95 bits per heavy atom. The van der Waals surface area contributed by atoms with Crippen LogP contribution in [0.5, 0.6) is 0 Å². The van der Waals surface area contributed by atoms with Crippen LogP contribution in [-0.2, 0) is 17.1 Å². The lowest BCUT2D eigenvalue weighted by Gasteiger charge is -2.18. The number of aliphatic carboxylic acids is 1. The van der Waals surface area contributed by atoms with Gasteiger partial charge in [-0.25, -0.2) is 4.79 Å². The molecule has 1 unspecified atom stereocenters.